The molecule has 2 bridgehead atoms. The van der Waals surface area contributed by atoms with Gasteiger partial charge >= 0.3 is 0 Å². The number of hydrogen-bond acceptors (Lipinski definition) is 3. The fourth-order valence-electron chi connectivity index (χ4n) is 4.31. The second-order valence-electron chi connectivity index (χ2n) is 7.34. The van der Waals surface area contributed by atoms with E-state index in [-0.39, 0.29) is 17.5 Å². The lowest BCUT2D eigenvalue weighted by Crippen LogP contribution is -2.69. The van der Waals surface area contributed by atoms with Gasteiger partial charge in [0.1, 0.15) is 0 Å². The van der Waals surface area contributed by atoms with E-state index in [1.165, 1.54) is 12.8 Å². The van der Waals surface area contributed by atoms with Crippen molar-refractivity contribution in [3.8, 4) is 0 Å². The third-order valence-corrected chi connectivity index (χ3v) is 5.74. The Kier molecular flexibility index (Phi) is 3.38. The maximum Gasteiger partial charge on any atom is 0.251 e. The molecule has 1 amide bonds. The minimum Gasteiger partial charge on any atom is -0.347 e. The fraction of sp³-hybridized carbons (Fsp3) is 0.474. The van der Waals surface area contributed by atoms with Crippen LogP contribution in [-0.2, 0) is 0 Å². The molecule has 1 N–H and O–H groups in total. The maximum absolute atomic E-state index is 12.8. The number of nitrogens with one attached hydrogen (secondary N) is 1. The van der Waals surface area contributed by atoms with Gasteiger partial charge < -0.3 is 5.32 Å². The molecule has 1 atom stereocenters. The van der Waals surface area contributed by atoms with Crippen LogP contribution >= 0.6 is 0 Å². The smallest absolute Gasteiger partial charge is 0.251 e. The molecule has 1 aromatic heterocycles. The molecule has 1 unspecified atom stereocenters. The summed E-state index contributed by atoms with van der Waals surface area (Å²) in [6, 6.07) is 9.90. The lowest BCUT2D eigenvalue weighted by Gasteiger charge is -2.56. The highest BCUT2D eigenvalue weighted by Crippen LogP contribution is 2.39. The lowest BCUT2D eigenvalue weighted by atomic mass is 9.72. The Bertz CT molecular complexity index is 747. The van der Waals surface area contributed by atoms with E-state index >= 15 is 0 Å². The Morgan fingerprint density at radius 1 is 1.26 bits per heavy atom. The first-order valence-electron chi connectivity index (χ1n) is 8.46. The summed E-state index contributed by atoms with van der Waals surface area (Å²) in [5.41, 5.74) is 1.60. The fourth-order valence-corrected chi connectivity index (χ4v) is 4.31. The third-order valence-electron chi connectivity index (χ3n) is 5.74. The van der Waals surface area contributed by atoms with Crippen molar-refractivity contribution < 1.29 is 4.79 Å². The Labute approximate surface area is 136 Å². The average Bonchev–Trinajstić information content (AvgIpc) is 2.58. The van der Waals surface area contributed by atoms with Gasteiger partial charge in [-0.1, -0.05) is 12.1 Å². The number of hydrogen-bond donors (Lipinski definition) is 1. The van der Waals surface area contributed by atoms with Gasteiger partial charge in [-0.3, -0.25) is 14.7 Å². The number of amides is 1. The van der Waals surface area contributed by atoms with Crippen LogP contribution in [0.4, 0.5) is 0 Å². The van der Waals surface area contributed by atoms with Crippen molar-refractivity contribution in [2.45, 2.75) is 38.3 Å². The first-order valence-corrected chi connectivity index (χ1v) is 8.46. The van der Waals surface area contributed by atoms with E-state index in [1.807, 2.05) is 30.3 Å². The van der Waals surface area contributed by atoms with Gasteiger partial charge in [0, 0.05) is 28.7 Å². The predicted molar refractivity (Wildman–Crippen MR) is 91.4 cm³/mol. The average molecular weight is 309 g/mol. The van der Waals surface area contributed by atoms with E-state index in [0.717, 1.165) is 24.0 Å². The number of pyridine rings is 1. The molecule has 4 heterocycles. The molecule has 3 aliphatic heterocycles. The van der Waals surface area contributed by atoms with Crippen LogP contribution in [-0.4, -0.2) is 40.5 Å². The van der Waals surface area contributed by atoms with Gasteiger partial charge in [0.15, 0.2) is 0 Å². The normalized spacial score (nSPS) is 28.7. The topological polar surface area (TPSA) is 45.2 Å². The highest BCUT2D eigenvalue weighted by Gasteiger charge is 2.48. The zero-order valence-electron chi connectivity index (χ0n) is 13.7. The van der Waals surface area contributed by atoms with E-state index < -0.39 is 0 Å². The molecule has 120 valence electrons. The second kappa shape index (κ2) is 5.31. The number of carbonyl (C=O) groups excluding carboxylic acids is 1. The molecule has 3 fully saturated rings. The molecule has 3 aliphatic rings. The van der Waals surface area contributed by atoms with Crippen molar-refractivity contribution >= 4 is 16.8 Å². The molecule has 1 aromatic carbocycles. The van der Waals surface area contributed by atoms with E-state index in [2.05, 4.69) is 29.0 Å². The summed E-state index contributed by atoms with van der Waals surface area (Å²) >= 11 is 0. The molecule has 2 aromatic rings. The highest BCUT2D eigenvalue weighted by atomic mass is 16.1. The van der Waals surface area contributed by atoms with E-state index in [4.69, 9.17) is 0 Å². The van der Waals surface area contributed by atoms with Crippen LogP contribution in [0.15, 0.2) is 36.5 Å². The van der Waals surface area contributed by atoms with Gasteiger partial charge in [-0.05, 0) is 63.9 Å². The molecule has 0 saturated carbocycles. The standard InChI is InChI=1S/C19H23N3O/c1-19(2)17(14-7-10-22(19)11-8-14)21-18(23)15-6-5-13-4-3-9-20-16(13)12-15/h3-6,9,12,14,17H,7-8,10-11H2,1-2H3,(H,21,23). The van der Waals surface area contributed by atoms with Gasteiger partial charge in [0.2, 0.25) is 0 Å². The SMILES string of the molecule is CC1(C)C(NC(=O)c2ccc3cccnc3c2)C2CCN1CC2. The van der Waals surface area contributed by atoms with Crippen LogP contribution in [0.2, 0.25) is 0 Å². The van der Waals surface area contributed by atoms with Crippen LogP contribution in [0.25, 0.3) is 10.9 Å². The molecule has 4 nitrogen and oxygen atoms in total. The number of nitrogens with zero attached hydrogens (tertiary/aromatic N) is 2. The summed E-state index contributed by atoms with van der Waals surface area (Å²) in [5, 5.41) is 4.38. The molecule has 5 rings (SSSR count). The third kappa shape index (κ3) is 2.41. The summed E-state index contributed by atoms with van der Waals surface area (Å²) in [7, 11) is 0. The minimum absolute atomic E-state index is 0.0179. The zero-order chi connectivity index (χ0) is 16.0. The molecule has 3 saturated heterocycles. The van der Waals surface area contributed by atoms with Crippen molar-refractivity contribution in [2.24, 2.45) is 5.92 Å². The number of carbonyl (C=O) groups is 1. The number of aromatic nitrogens is 1. The quantitative estimate of drug-likeness (QED) is 0.928. The van der Waals surface area contributed by atoms with Gasteiger partial charge in [-0.25, -0.2) is 0 Å². The molecule has 0 spiro atoms. The summed E-state index contributed by atoms with van der Waals surface area (Å²) in [6.45, 7) is 6.82. The first kappa shape index (κ1) is 14.6. The predicted octanol–water partition coefficient (Wildman–Crippen LogP) is 2.84. The van der Waals surface area contributed by atoms with Crippen LogP contribution in [0.1, 0.15) is 37.0 Å². The van der Waals surface area contributed by atoms with E-state index in [1.54, 1.807) is 6.20 Å². The minimum atomic E-state index is 0.0179. The summed E-state index contributed by atoms with van der Waals surface area (Å²) in [6.07, 6.45) is 4.14. The molecule has 0 aliphatic carbocycles. The molecular formula is C19H23N3O. The Morgan fingerprint density at radius 2 is 2.04 bits per heavy atom. The number of rotatable bonds is 2. The Hall–Kier alpha value is -1.94. The molecule has 23 heavy (non-hydrogen) atoms. The largest absolute Gasteiger partial charge is 0.347 e. The van der Waals surface area contributed by atoms with Gasteiger partial charge in [-0.2, -0.15) is 0 Å². The summed E-state index contributed by atoms with van der Waals surface area (Å²) in [4.78, 5) is 19.6. The van der Waals surface area contributed by atoms with E-state index in [9.17, 15) is 4.79 Å². The maximum atomic E-state index is 12.8. The van der Waals surface area contributed by atoms with Crippen LogP contribution in [0.5, 0.6) is 0 Å². The Balaban J connectivity index is 1.59. The zero-order valence-corrected chi connectivity index (χ0v) is 13.7. The first-order chi connectivity index (χ1) is 11.1. The number of fused-ring (bicyclic) bond motifs is 4. The van der Waals surface area contributed by atoms with Gasteiger partial charge in [0.25, 0.3) is 5.91 Å². The molecule has 0 radical (unpaired) electrons. The number of benzene rings is 1. The van der Waals surface area contributed by atoms with Gasteiger partial charge in [0.05, 0.1) is 5.52 Å². The lowest BCUT2D eigenvalue weighted by molar-refractivity contribution is -0.0378. The van der Waals surface area contributed by atoms with Crippen LogP contribution in [0.3, 0.4) is 0 Å². The second-order valence-corrected chi connectivity index (χ2v) is 7.34. The van der Waals surface area contributed by atoms with Crippen molar-refractivity contribution in [3.05, 3.63) is 42.1 Å². The van der Waals surface area contributed by atoms with Crippen molar-refractivity contribution in [1.82, 2.24) is 15.2 Å². The number of piperidine rings is 3. The summed E-state index contributed by atoms with van der Waals surface area (Å²) < 4.78 is 0. The van der Waals surface area contributed by atoms with Crippen molar-refractivity contribution in [1.29, 1.82) is 0 Å². The summed E-state index contributed by atoms with van der Waals surface area (Å²) in [5.74, 6) is 0.613. The van der Waals surface area contributed by atoms with E-state index in [0.29, 0.717) is 11.5 Å². The van der Waals surface area contributed by atoms with Crippen molar-refractivity contribution in [3.63, 3.8) is 0 Å². The van der Waals surface area contributed by atoms with Gasteiger partial charge in [-0.15, -0.1) is 0 Å². The van der Waals surface area contributed by atoms with Crippen LogP contribution in [0, 0.1) is 5.92 Å². The Morgan fingerprint density at radius 3 is 2.78 bits per heavy atom. The van der Waals surface area contributed by atoms with Crippen LogP contribution < -0.4 is 5.32 Å². The molecule has 4 heteroatoms. The van der Waals surface area contributed by atoms with Crippen molar-refractivity contribution in [2.75, 3.05) is 13.1 Å². The molecular weight excluding hydrogens is 286 g/mol. The monoisotopic (exact) mass is 309 g/mol. The highest BCUT2D eigenvalue weighted by molar-refractivity contribution is 5.98.